The molecule has 0 aliphatic carbocycles. The van der Waals surface area contributed by atoms with Crippen LogP contribution < -0.4 is 0 Å². The Bertz CT molecular complexity index is 269. The summed E-state index contributed by atoms with van der Waals surface area (Å²) in [5.74, 6) is -0.435. The van der Waals surface area contributed by atoms with Gasteiger partial charge < -0.3 is 14.6 Å². The van der Waals surface area contributed by atoms with E-state index in [1.165, 1.54) is 4.90 Å². The maximum absolute atomic E-state index is 11.2. The van der Waals surface area contributed by atoms with Crippen molar-refractivity contribution < 1.29 is 24.2 Å². The van der Waals surface area contributed by atoms with Gasteiger partial charge >= 0.3 is 12.1 Å². The molecule has 1 saturated heterocycles. The van der Waals surface area contributed by atoms with Gasteiger partial charge in [0.15, 0.2) is 0 Å². The fourth-order valence-corrected chi connectivity index (χ4v) is 1.66. The highest BCUT2D eigenvalue weighted by atomic mass is 16.6. The van der Waals surface area contributed by atoms with Gasteiger partial charge in [-0.05, 0) is 19.3 Å². The van der Waals surface area contributed by atoms with E-state index < -0.39 is 18.3 Å². The van der Waals surface area contributed by atoms with Crippen molar-refractivity contribution in [2.45, 2.75) is 38.8 Å². The molecule has 0 aromatic heterocycles. The summed E-state index contributed by atoms with van der Waals surface area (Å²) in [7, 11) is 0. The number of likely N-dealkylation sites (tertiary alicyclic amines) is 1. The zero-order valence-electron chi connectivity index (χ0n) is 10.1. The molecule has 0 bridgehead atoms. The standard InChI is InChI=1S/C11H19NO5/c1-2-3-7-16-10(13)8-17-9-5-4-6-12(9)11(14)15/h9H,2-8H2,1H3,(H,14,15). The van der Waals surface area contributed by atoms with E-state index in [4.69, 9.17) is 14.6 Å². The number of unbranched alkanes of at least 4 members (excludes halogenated alkanes) is 1. The van der Waals surface area contributed by atoms with E-state index in [-0.39, 0.29) is 6.61 Å². The van der Waals surface area contributed by atoms with Gasteiger partial charge in [0.05, 0.1) is 6.61 Å². The van der Waals surface area contributed by atoms with Crippen LogP contribution in [0.1, 0.15) is 32.6 Å². The predicted octanol–water partition coefficient (Wildman–Crippen LogP) is 1.45. The number of nitrogens with zero attached hydrogens (tertiary/aromatic N) is 1. The average molecular weight is 245 g/mol. The number of esters is 1. The van der Waals surface area contributed by atoms with Crippen molar-refractivity contribution in [2.75, 3.05) is 19.8 Å². The van der Waals surface area contributed by atoms with E-state index in [2.05, 4.69) is 0 Å². The first-order valence-corrected chi connectivity index (χ1v) is 5.92. The topological polar surface area (TPSA) is 76.1 Å². The second kappa shape index (κ2) is 7.11. The lowest BCUT2D eigenvalue weighted by molar-refractivity contribution is -0.154. The van der Waals surface area contributed by atoms with Gasteiger partial charge in [-0.2, -0.15) is 0 Å². The maximum atomic E-state index is 11.2. The highest BCUT2D eigenvalue weighted by Gasteiger charge is 2.29. The number of carbonyl (C=O) groups is 2. The summed E-state index contributed by atoms with van der Waals surface area (Å²) in [4.78, 5) is 23.2. The molecule has 0 saturated carbocycles. The van der Waals surface area contributed by atoms with Crippen molar-refractivity contribution in [3.05, 3.63) is 0 Å². The molecule has 0 aromatic rings. The lowest BCUT2D eigenvalue weighted by Crippen LogP contribution is -2.37. The van der Waals surface area contributed by atoms with Crippen molar-refractivity contribution in [3.63, 3.8) is 0 Å². The van der Waals surface area contributed by atoms with E-state index in [1.54, 1.807) is 0 Å². The fraction of sp³-hybridized carbons (Fsp3) is 0.818. The van der Waals surface area contributed by atoms with Gasteiger partial charge in [-0.1, -0.05) is 13.3 Å². The Balaban J connectivity index is 2.21. The van der Waals surface area contributed by atoms with Gasteiger partial charge in [0.1, 0.15) is 12.8 Å². The molecule has 0 aromatic carbocycles. The second-order valence-corrected chi connectivity index (χ2v) is 3.96. The zero-order chi connectivity index (χ0) is 12.7. The highest BCUT2D eigenvalue weighted by molar-refractivity contribution is 5.70. The molecule has 1 N–H and O–H groups in total. The van der Waals surface area contributed by atoms with Crippen LogP contribution in [0.4, 0.5) is 4.79 Å². The van der Waals surface area contributed by atoms with Gasteiger partial charge in [-0.25, -0.2) is 9.59 Å². The number of carbonyl (C=O) groups excluding carboxylic acids is 1. The number of hydrogen-bond donors (Lipinski definition) is 1. The Morgan fingerprint density at radius 3 is 2.88 bits per heavy atom. The number of amides is 1. The van der Waals surface area contributed by atoms with Crippen molar-refractivity contribution >= 4 is 12.1 Å². The van der Waals surface area contributed by atoms with E-state index >= 15 is 0 Å². The van der Waals surface area contributed by atoms with Gasteiger partial charge in [-0.3, -0.25) is 4.90 Å². The highest BCUT2D eigenvalue weighted by Crippen LogP contribution is 2.18. The molecular weight excluding hydrogens is 226 g/mol. The molecule has 1 heterocycles. The third-order valence-electron chi connectivity index (χ3n) is 2.60. The molecule has 1 fully saturated rings. The van der Waals surface area contributed by atoms with Crippen molar-refractivity contribution in [1.82, 2.24) is 4.90 Å². The Morgan fingerprint density at radius 2 is 2.24 bits per heavy atom. The van der Waals surface area contributed by atoms with Crippen LogP contribution in [0.2, 0.25) is 0 Å². The molecule has 1 aliphatic rings. The normalized spacial score (nSPS) is 19.4. The summed E-state index contributed by atoms with van der Waals surface area (Å²) >= 11 is 0. The fourth-order valence-electron chi connectivity index (χ4n) is 1.66. The molecule has 98 valence electrons. The summed E-state index contributed by atoms with van der Waals surface area (Å²) < 4.78 is 10.1. The van der Waals surface area contributed by atoms with E-state index in [1.807, 2.05) is 6.92 Å². The largest absolute Gasteiger partial charge is 0.465 e. The maximum Gasteiger partial charge on any atom is 0.409 e. The molecule has 1 amide bonds. The molecular formula is C11H19NO5. The summed E-state index contributed by atoms with van der Waals surface area (Å²) in [6.07, 6.45) is 1.68. The smallest absolute Gasteiger partial charge is 0.409 e. The van der Waals surface area contributed by atoms with Crippen LogP contribution in [0, 0.1) is 0 Å². The molecule has 0 spiro atoms. The number of carboxylic acid groups (broad SMARTS) is 1. The first-order valence-electron chi connectivity index (χ1n) is 5.92. The minimum atomic E-state index is -1.01. The number of ether oxygens (including phenoxy) is 2. The number of rotatable bonds is 6. The Hall–Kier alpha value is -1.30. The van der Waals surface area contributed by atoms with E-state index in [9.17, 15) is 9.59 Å². The van der Waals surface area contributed by atoms with Gasteiger partial charge in [0.2, 0.25) is 0 Å². The van der Waals surface area contributed by atoms with E-state index in [0.29, 0.717) is 19.6 Å². The Kier molecular flexibility index (Phi) is 5.76. The Morgan fingerprint density at radius 1 is 1.47 bits per heavy atom. The monoisotopic (exact) mass is 245 g/mol. The summed E-state index contributed by atoms with van der Waals surface area (Å²) in [5.41, 5.74) is 0. The first kappa shape index (κ1) is 13.8. The lowest BCUT2D eigenvalue weighted by atomic mass is 10.4. The van der Waals surface area contributed by atoms with Crippen molar-refractivity contribution in [1.29, 1.82) is 0 Å². The van der Waals surface area contributed by atoms with Crippen molar-refractivity contribution in [2.24, 2.45) is 0 Å². The van der Waals surface area contributed by atoms with Crippen LogP contribution in [0.3, 0.4) is 0 Å². The zero-order valence-corrected chi connectivity index (χ0v) is 10.1. The minimum Gasteiger partial charge on any atom is -0.465 e. The lowest BCUT2D eigenvalue weighted by Gasteiger charge is -2.21. The van der Waals surface area contributed by atoms with E-state index in [0.717, 1.165) is 19.3 Å². The third kappa shape index (κ3) is 4.60. The van der Waals surface area contributed by atoms with Crippen molar-refractivity contribution in [3.8, 4) is 0 Å². The summed E-state index contributed by atoms with van der Waals surface area (Å²) in [5, 5.41) is 8.85. The third-order valence-corrected chi connectivity index (χ3v) is 2.60. The van der Waals surface area contributed by atoms with Gasteiger partial charge in [-0.15, -0.1) is 0 Å². The van der Waals surface area contributed by atoms with Crippen LogP contribution in [0.25, 0.3) is 0 Å². The van der Waals surface area contributed by atoms with Gasteiger partial charge in [0.25, 0.3) is 0 Å². The molecule has 1 rings (SSSR count). The first-order chi connectivity index (χ1) is 8.15. The quantitative estimate of drug-likeness (QED) is 0.566. The predicted molar refractivity (Wildman–Crippen MR) is 59.6 cm³/mol. The summed E-state index contributed by atoms with van der Waals surface area (Å²) in [6.45, 7) is 2.68. The number of hydrogen-bond acceptors (Lipinski definition) is 4. The molecule has 17 heavy (non-hydrogen) atoms. The molecule has 1 aliphatic heterocycles. The van der Waals surface area contributed by atoms with Gasteiger partial charge in [0, 0.05) is 6.54 Å². The molecule has 6 nitrogen and oxygen atoms in total. The van der Waals surface area contributed by atoms with Crippen LogP contribution in [-0.2, 0) is 14.3 Å². The average Bonchev–Trinajstić information content (AvgIpc) is 2.75. The molecule has 0 radical (unpaired) electrons. The molecule has 6 heteroatoms. The van der Waals surface area contributed by atoms with Crippen LogP contribution >= 0.6 is 0 Å². The molecule has 1 atom stereocenters. The summed E-state index contributed by atoms with van der Waals surface area (Å²) in [6, 6.07) is 0. The van der Waals surface area contributed by atoms with Crippen LogP contribution in [-0.4, -0.2) is 48.1 Å². The second-order valence-electron chi connectivity index (χ2n) is 3.96. The van der Waals surface area contributed by atoms with Crippen LogP contribution in [0.15, 0.2) is 0 Å². The Labute approximate surface area is 100 Å². The molecule has 1 unspecified atom stereocenters. The minimum absolute atomic E-state index is 0.182. The van der Waals surface area contributed by atoms with Crippen LogP contribution in [0.5, 0.6) is 0 Å². The SMILES string of the molecule is CCCCOC(=O)COC1CCCN1C(=O)O.